The molecule has 0 amide bonds. The number of unbranched alkanes of at least 4 members (excludes halogenated alkanes) is 21. The van der Waals surface area contributed by atoms with Crippen molar-refractivity contribution in [3.05, 3.63) is 72.9 Å². The van der Waals surface area contributed by atoms with Crippen molar-refractivity contribution in [3.63, 3.8) is 0 Å². The normalized spacial score (nSPS) is 20.1. The number of carbonyl (C=O) groups is 1. The molecule has 1 heterocycles. The second kappa shape index (κ2) is 45.8. The van der Waals surface area contributed by atoms with Crippen molar-refractivity contribution < 1.29 is 44.2 Å². The molecule has 0 spiro atoms. The molecule has 0 aromatic heterocycles. The van der Waals surface area contributed by atoms with Gasteiger partial charge in [0, 0.05) is 13.0 Å². The summed E-state index contributed by atoms with van der Waals surface area (Å²) in [7, 11) is 0. The molecule has 0 aromatic carbocycles. The number of esters is 1. The van der Waals surface area contributed by atoms with E-state index in [-0.39, 0.29) is 25.6 Å². The molecule has 1 aliphatic heterocycles. The summed E-state index contributed by atoms with van der Waals surface area (Å²) in [6.45, 7) is 4.41. The Morgan fingerprint density at radius 1 is 0.516 bits per heavy atom. The standard InChI is InChI=1S/C55H96O9/c1-3-5-7-9-11-13-15-17-19-21-22-23-24-25-26-27-29-31-33-35-37-39-41-43-45-61-47-49(48-62-55-54(60)53(59)52(58)50(46-56)64-55)63-51(57)44-42-40-38-36-34-32-30-28-20-18-16-14-12-10-8-6-4-2/h6,8,12,14-15,17-18,20-22,30,32,49-50,52-56,58-60H,3-5,7,9-11,13,16,19,23-29,31,33-48H2,1-2H3/b8-6-,14-12-,17-15-,20-18-,22-21-,32-30-. The van der Waals surface area contributed by atoms with Crippen LogP contribution >= 0.6 is 0 Å². The van der Waals surface area contributed by atoms with Gasteiger partial charge >= 0.3 is 5.97 Å². The van der Waals surface area contributed by atoms with Crippen LogP contribution in [0.25, 0.3) is 0 Å². The summed E-state index contributed by atoms with van der Waals surface area (Å²) in [5.74, 6) is -0.338. The molecular weight excluding hydrogens is 805 g/mol. The number of hydrogen-bond donors (Lipinski definition) is 4. The van der Waals surface area contributed by atoms with Crippen LogP contribution in [0, 0.1) is 0 Å². The fraction of sp³-hybridized carbons (Fsp3) is 0.764. The molecule has 0 aromatic rings. The molecule has 370 valence electrons. The summed E-state index contributed by atoms with van der Waals surface area (Å²) in [6, 6.07) is 0. The van der Waals surface area contributed by atoms with Gasteiger partial charge in [0.15, 0.2) is 6.29 Å². The van der Waals surface area contributed by atoms with E-state index in [0.29, 0.717) is 6.61 Å². The third kappa shape index (κ3) is 35.8. The van der Waals surface area contributed by atoms with Crippen molar-refractivity contribution >= 4 is 5.97 Å². The average molecular weight is 901 g/mol. The van der Waals surface area contributed by atoms with Crippen LogP contribution in [-0.4, -0.2) is 89.6 Å². The number of rotatable bonds is 44. The highest BCUT2D eigenvalue weighted by molar-refractivity contribution is 5.69. The average Bonchev–Trinajstić information content (AvgIpc) is 3.30. The SMILES string of the molecule is CC/C=C\C/C=C\C/C=C\C/C=C\CCCCCCC(=O)OC(COCCCCCCCCCCCCCC/C=C\C/C=C\CCCCCCC)COC1OC(CO)C(O)C(O)C1O. The van der Waals surface area contributed by atoms with Gasteiger partial charge in [-0.3, -0.25) is 4.79 Å². The Bertz CT molecular complexity index is 1210. The summed E-state index contributed by atoms with van der Waals surface area (Å²) in [5, 5.41) is 40.2. The lowest BCUT2D eigenvalue weighted by molar-refractivity contribution is -0.305. The van der Waals surface area contributed by atoms with Crippen LogP contribution < -0.4 is 0 Å². The van der Waals surface area contributed by atoms with Gasteiger partial charge in [-0.05, 0) is 83.5 Å². The van der Waals surface area contributed by atoms with E-state index in [4.69, 9.17) is 18.9 Å². The third-order valence-electron chi connectivity index (χ3n) is 11.6. The minimum Gasteiger partial charge on any atom is -0.457 e. The first-order valence-corrected chi connectivity index (χ1v) is 26.0. The predicted molar refractivity (Wildman–Crippen MR) is 265 cm³/mol. The molecule has 0 radical (unpaired) electrons. The van der Waals surface area contributed by atoms with Gasteiger partial charge in [0.1, 0.15) is 30.5 Å². The zero-order valence-electron chi connectivity index (χ0n) is 40.8. The lowest BCUT2D eigenvalue weighted by Crippen LogP contribution is -2.59. The first-order valence-electron chi connectivity index (χ1n) is 26.0. The van der Waals surface area contributed by atoms with Crippen LogP contribution in [0.1, 0.15) is 206 Å². The fourth-order valence-electron chi connectivity index (χ4n) is 7.57. The van der Waals surface area contributed by atoms with Gasteiger partial charge in [-0.15, -0.1) is 0 Å². The molecule has 0 aliphatic carbocycles. The number of carbonyl (C=O) groups excluding carboxylic acids is 1. The van der Waals surface area contributed by atoms with Crippen molar-refractivity contribution in [2.75, 3.05) is 26.4 Å². The second-order valence-corrected chi connectivity index (χ2v) is 17.6. The van der Waals surface area contributed by atoms with E-state index < -0.39 is 43.4 Å². The predicted octanol–water partition coefficient (Wildman–Crippen LogP) is 12.8. The van der Waals surface area contributed by atoms with Crippen LogP contribution in [0.5, 0.6) is 0 Å². The van der Waals surface area contributed by atoms with Crippen LogP contribution in [0.3, 0.4) is 0 Å². The maximum Gasteiger partial charge on any atom is 0.306 e. The first kappa shape index (κ1) is 59.6. The molecule has 0 bridgehead atoms. The Hall–Kier alpha value is -2.37. The topological polar surface area (TPSA) is 135 Å². The van der Waals surface area contributed by atoms with Crippen molar-refractivity contribution in [2.24, 2.45) is 0 Å². The molecule has 1 fully saturated rings. The van der Waals surface area contributed by atoms with E-state index in [9.17, 15) is 25.2 Å². The number of ether oxygens (including phenoxy) is 4. The molecule has 4 N–H and O–H groups in total. The Labute approximate surface area is 391 Å². The first-order chi connectivity index (χ1) is 31.4. The van der Waals surface area contributed by atoms with Crippen LogP contribution in [-0.2, 0) is 23.7 Å². The molecule has 1 saturated heterocycles. The molecule has 9 nitrogen and oxygen atoms in total. The van der Waals surface area contributed by atoms with Gasteiger partial charge in [0.05, 0.1) is 19.8 Å². The minimum atomic E-state index is -1.55. The summed E-state index contributed by atoms with van der Waals surface area (Å²) in [4.78, 5) is 12.8. The Kier molecular flexibility index (Phi) is 42.7. The highest BCUT2D eigenvalue weighted by Gasteiger charge is 2.44. The summed E-state index contributed by atoms with van der Waals surface area (Å²) < 4.78 is 22.9. The lowest BCUT2D eigenvalue weighted by atomic mass is 9.99. The largest absolute Gasteiger partial charge is 0.457 e. The fourth-order valence-corrected chi connectivity index (χ4v) is 7.57. The molecule has 64 heavy (non-hydrogen) atoms. The van der Waals surface area contributed by atoms with Gasteiger partial charge in [-0.1, -0.05) is 189 Å². The van der Waals surface area contributed by atoms with Crippen LogP contribution in [0.15, 0.2) is 72.9 Å². The summed E-state index contributed by atoms with van der Waals surface area (Å²) in [5.41, 5.74) is 0. The Morgan fingerprint density at radius 3 is 1.44 bits per heavy atom. The maximum atomic E-state index is 12.8. The lowest BCUT2D eigenvalue weighted by Gasteiger charge is -2.39. The molecule has 6 atom stereocenters. The van der Waals surface area contributed by atoms with Gasteiger partial charge in [-0.25, -0.2) is 0 Å². The zero-order valence-corrected chi connectivity index (χ0v) is 40.8. The number of hydrogen-bond acceptors (Lipinski definition) is 9. The smallest absolute Gasteiger partial charge is 0.306 e. The molecule has 1 rings (SSSR count). The second-order valence-electron chi connectivity index (χ2n) is 17.6. The highest BCUT2D eigenvalue weighted by Crippen LogP contribution is 2.23. The molecule has 6 unspecified atom stereocenters. The van der Waals surface area contributed by atoms with E-state index in [1.807, 2.05) is 0 Å². The molecular formula is C55H96O9. The van der Waals surface area contributed by atoms with E-state index in [1.165, 1.54) is 109 Å². The van der Waals surface area contributed by atoms with Crippen molar-refractivity contribution in [2.45, 2.75) is 243 Å². The number of aliphatic hydroxyl groups excluding tert-OH is 4. The molecule has 1 aliphatic rings. The van der Waals surface area contributed by atoms with Crippen molar-refractivity contribution in [3.8, 4) is 0 Å². The van der Waals surface area contributed by atoms with Gasteiger partial charge in [0.2, 0.25) is 0 Å². The van der Waals surface area contributed by atoms with Crippen molar-refractivity contribution in [1.29, 1.82) is 0 Å². The number of aliphatic hydroxyl groups is 4. The Morgan fingerprint density at radius 2 is 0.953 bits per heavy atom. The van der Waals surface area contributed by atoms with Gasteiger partial charge < -0.3 is 39.4 Å². The Balaban J connectivity index is 2.20. The van der Waals surface area contributed by atoms with Gasteiger partial charge in [-0.2, -0.15) is 0 Å². The van der Waals surface area contributed by atoms with Crippen molar-refractivity contribution in [1.82, 2.24) is 0 Å². The van der Waals surface area contributed by atoms with Gasteiger partial charge in [0.25, 0.3) is 0 Å². The van der Waals surface area contributed by atoms with E-state index >= 15 is 0 Å². The van der Waals surface area contributed by atoms with E-state index in [2.05, 4.69) is 86.8 Å². The van der Waals surface area contributed by atoms with Crippen LogP contribution in [0.2, 0.25) is 0 Å². The van der Waals surface area contributed by atoms with Crippen LogP contribution in [0.4, 0.5) is 0 Å². The third-order valence-corrected chi connectivity index (χ3v) is 11.6. The maximum absolute atomic E-state index is 12.8. The number of allylic oxidation sites excluding steroid dienone is 12. The van der Waals surface area contributed by atoms with E-state index in [1.54, 1.807) is 0 Å². The molecule has 9 heteroatoms. The quantitative estimate of drug-likeness (QED) is 0.0268. The summed E-state index contributed by atoms with van der Waals surface area (Å²) >= 11 is 0. The van der Waals surface area contributed by atoms with E-state index in [0.717, 1.165) is 77.0 Å². The zero-order chi connectivity index (χ0) is 46.4. The summed E-state index contributed by atoms with van der Waals surface area (Å²) in [6.07, 6.45) is 53.7. The monoisotopic (exact) mass is 901 g/mol. The molecule has 0 saturated carbocycles. The highest BCUT2D eigenvalue weighted by atomic mass is 16.7. The minimum absolute atomic E-state index is 0.127.